The van der Waals surface area contributed by atoms with E-state index in [0.717, 1.165) is 36.3 Å². The molecule has 2 N–H and O–H groups in total. The van der Waals surface area contributed by atoms with Gasteiger partial charge in [-0.15, -0.1) is 0 Å². The van der Waals surface area contributed by atoms with E-state index in [-0.39, 0.29) is 5.60 Å². The number of anilines is 1. The van der Waals surface area contributed by atoms with Gasteiger partial charge in [0.1, 0.15) is 11.4 Å². The highest BCUT2D eigenvalue weighted by atomic mass is 32.1. The third-order valence-corrected chi connectivity index (χ3v) is 5.55. The van der Waals surface area contributed by atoms with Gasteiger partial charge in [0.2, 0.25) is 0 Å². The van der Waals surface area contributed by atoms with Crippen molar-refractivity contribution in [3.05, 3.63) is 28.6 Å². The first-order chi connectivity index (χ1) is 9.72. The number of hydrogen-bond acceptors (Lipinski definition) is 4. The summed E-state index contributed by atoms with van der Waals surface area (Å²) < 4.78 is 6.43. The van der Waals surface area contributed by atoms with Crippen LogP contribution in [0, 0.1) is 0 Å². The summed E-state index contributed by atoms with van der Waals surface area (Å²) in [4.78, 5) is 5.85. The predicted octanol–water partition coefficient (Wildman–Crippen LogP) is 4.12. The van der Waals surface area contributed by atoms with Crippen LogP contribution in [0.2, 0.25) is 0 Å². The summed E-state index contributed by atoms with van der Waals surface area (Å²) in [5.41, 5.74) is 9.32. The van der Waals surface area contributed by atoms with Gasteiger partial charge in [-0.2, -0.15) is 0 Å². The molecule has 0 saturated heterocycles. The Morgan fingerprint density at radius 2 is 2.15 bits per heavy atom. The second kappa shape index (κ2) is 4.22. The smallest absolute Gasteiger partial charge is 0.180 e. The molecular formula is C16H18N2OS. The lowest BCUT2D eigenvalue weighted by Crippen LogP contribution is -2.32. The molecule has 1 aromatic heterocycles. The van der Waals surface area contributed by atoms with E-state index in [4.69, 9.17) is 10.5 Å². The van der Waals surface area contributed by atoms with Crippen molar-refractivity contribution in [3.63, 3.8) is 0 Å². The zero-order valence-corrected chi connectivity index (χ0v) is 12.4. The Kier molecular flexibility index (Phi) is 2.58. The summed E-state index contributed by atoms with van der Waals surface area (Å²) in [7, 11) is 0. The second-order valence-electron chi connectivity index (χ2n) is 5.72. The first-order valence-corrected chi connectivity index (χ1v) is 8.12. The maximum absolute atomic E-state index is 6.43. The lowest BCUT2D eigenvalue weighted by molar-refractivity contribution is 0.0748. The van der Waals surface area contributed by atoms with Crippen LogP contribution in [0.25, 0.3) is 11.3 Å². The van der Waals surface area contributed by atoms with Gasteiger partial charge in [-0.05, 0) is 49.8 Å². The number of thiazole rings is 1. The highest BCUT2D eigenvalue weighted by molar-refractivity contribution is 7.16. The molecule has 1 spiro atoms. The van der Waals surface area contributed by atoms with E-state index < -0.39 is 0 Å². The Morgan fingerprint density at radius 1 is 1.35 bits per heavy atom. The molecule has 0 radical (unpaired) electrons. The van der Waals surface area contributed by atoms with E-state index in [1.54, 1.807) is 11.3 Å². The number of nitrogens with two attached hydrogens (primary N) is 1. The average molecular weight is 286 g/mol. The van der Waals surface area contributed by atoms with Crippen LogP contribution >= 0.6 is 11.3 Å². The highest BCUT2D eigenvalue weighted by Gasteiger charge is 2.45. The maximum Gasteiger partial charge on any atom is 0.180 e. The number of ether oxygens (including phenoxy) is 1. The lowest BCUT2D eigenvalue weighted by atomic mass is 9.91. The highest BCUT2D eigenvalue weighted by Crippen LogP contribution is 2.54. The van der Waals surface area contributed by atoms with Crippen molar-refractivity contribution in [3.8, 4) is 17.0 Å². The Morgan fingerprint density at radius 3 is 2.90 bits per heavy atom. The molecule has 3 nitrogen and oxygen atoms in total. The van der Waals surface area contributed by atoms with Gasteiger partial charge in [0.25, 0.3) is 0 Å². The molecule has 1 saturated carbocycles. The third-order valence-electron chi connectivity index (χ3n) is 4.48. The predicted molar refractivity (Wildman–Crippen MR) is 82.1 cm³/mol. The minimum atomic E-state index is -0.161. The summed E-state index contributed by atoms with van der Waals surface area (Å²) in [5.74, 6) is 0.974. The monoisotopic (exact) mass is 286 g/mol. The van der Waals surface area contributed by atoms with Crippen LogP contribution in [0.1, 0.15) is 43.0 Å². The molecule has 2 heterocycles. The summed E-state index contributed by atoms with van der Waals surface area (Å²) in [6.45, 7) is 2.17. The Balaban J connectivity index is 1.94. The van der Waals surface area contributed by atoms with Crippen molar-refractivity contribution in [1.29, 1.82) is 0 Å². The molecule has 4 heteroatoms. The lowest BCUT2D eigenvalue weighted by Gasteiger charge is -2.34. The average Bonchev–Trinajstić information content (AvgIpc) is 3.06. The first-order valence-electron chi connectivity index (χ1n) is 7.31. The maximum atomic E-state index is 6.43. The number of hydrogen-bond donors (Lipinski definition) is 1. The number of nitrogens with zero attached hydrogens (tertiary/aromatic N) is 1. The molecule has 0 amide bonds. The van der Waals surface area contributed by atoms with Crippen molar-refractivity contribution in [2.24, 2.45) is 0 Å². The minimum Gasteiger partial charge on any atom is -0.481 e. The molecule has 104 valence electrons. The topological polar surface area (TPSA) is 48.1 Å². The van der Waals surface area contributed by atoms with Crippen LogP contribution in [0.5, 0.6) is 5.75 Å². The van der Waals surface area contributed by atoms with E-state index in [0.29, 0.717) is 5.13 Å². The van der Waals surface area contributed by atoms with Crippen LogP contribution in [-0.2, 0) is 12.0 Å². The van der Waals surface area contributed by atoms with Crippen LogP contribution < -0.4 is 10.5 Å². The number of fused-ring (bicyclic) bond motifs is 4. The van der Waals surface area contributed by atoms with Gasteiger partial charge in [0, 0.05) is 5.56 Å². The number of nitrogen functional groups attached to an aromatic ring is 1. The van der Waals surface area contributed by atoms with Gasteiger partial charge in [0.05, 0.1) is 10.6 Å². The van der Waals surface area contributed by atoms with Gasteiger partial charge in [-0.3, -0.25) is 0 Å². The largest absolute Gasteiger partial charge is 0.481 e. The fraction of sp³-hybridized carbons (Fsp3) is 0.438. The van der Waals surface area contributed by atoms with Gasteiger partial charge >= 0.3 is 0 Å². The Labute approximate surface area is 122 Å². The molecular weight excluding hydrogens is 268 g/mol. The van der Waals surface area contributed by atoms with Crippen molar-refractivity contribution >= 4 is 16.5 Å². The molecule has 1 aromatic carbocycles. The molecule has 2 aliphatic rings. The molecule has 0 bridgehead atoms. The molecule has 1 aliphatic heterocycles. The number of benzene rings is 1. The summed E-state index contributed by atoms with van der Waals surface area (Å²) in [6, 6.07) is 6.46. The molecule has 2 aromatic rings. The van der Waals surface area contributed by atoms with Crippen molar-refractivity contribution in [2.45, 2.75) is 44.6 Å². The molecule has 0 unspecified atom stereocenters. The SMILES string of the molecule is CCc1ccc2c(c1)-c1nc(N)sc1C1(CCCC1)O2. The van der Waals surface area contributed by atoms with Crippen LogP contribution in [-0.4, -0.2) is 4.98 Å². The minimum absolute atomic E-state index is 0.161. The fourth-order valence-corrected chi connectivity index (χ4v) is 4.46. The molecule has 1 aliphatic carbocycles. The first kappa shape index (κ1) is 12.2. The van der Waals surface area contributed by atoms with Gasteiger partial charge in [-0.1, -0.05) is 24.3 Å². The van der Waals surface area contributed by atoms with Crippen LogP contribution in [0.4, 0.5) is 5.13 Å². The number of aromatic nitrogens is 1. The van der Waals surface area contributed by atoms with Crippen molar-refractivity contribution in [2.75, 3.05) is 5.73 Å². The van der Waals surface area contributed by atoms with Crippen molar-refractivity contribution in [1.82, 2.24) is 4.98 Å². The fourth-order valence-electron chi connectivity index (χ4n) is 3.43. The summed E-state index contributed by atoms with van der Waals surface area (Å²) in [6.07, 6.45) is 5.62. The van der Waals surface area contributed by atoms with E-state index in [1.165, 1.54) is 23.3 Å². The molecule has 0 atom stereocenters. The third kappa shape index (κ3) is 1.61. The number of aryl methyl sites for hydroxylation is 1. The van der Waals surface area contributed by atoms with Gasteiger partial charge in [0.15, 0.2) is 5.13 Å². The van der Waals surface area contributed by atoms with Crippen LogP contribution in [0.15, 0.2) is 18.2 Å². The van der Waals surface area contributed by atoms with E-state index in [9.17, 15) is 0 Å². The summed E-state index contributed by atoms with van der Waals surface area (Å²) >= 11 is 1.61. The molecule has 1 fully saturated rings. The zero-order chi connectivity index (χ0) is 13.7. The molecule has 4 rings (SSSR count). The zero-order valence-electron chi connectivity index (χ0n) is 11.6. The molecule has 20 heavy (non-hydrogen) atoms. The Bertz CT molecular complexity index is 671. The van der Waals surface area contributed by atoms with Crippen LogP contribution in [0.3, 0.4) is 0 Å². The normalized spacial score (nSPS) is 18.6. The standard InChI is InChI=1S/C16H18N2OS/c1-2-10-5-6-12-11(9-10)13-14(20-15(17)18-13)16(19-12)7-3-4-8-16/h5-6,9H,2-4,7-8H2,1H3,(H2,17,18). The Hall–Kier alpha value is -1.55. The van der Waals surface area contributed by atoms with E-state index >= 15 is 0 Å². The summed E-state index contributed by atoms with van der Waals surface area (Å²) in [5, 5.41) is 0.652. The van der Waals surface area contributed by atoms with Gasteiger partial charge < -0.3 is 10.5 Å². The van der Waals surface area contributed by atoms with E-state index in [2.05, 4.69) is 30.1 Å². The van der Waals surface area contributed by atoms with Gasteiger partial charge in [-0.25, -0.2) is 4.98 Å². The van der Waals surface area contributed by atoms with E-state index in [1.807, 2.05) is 0 Å². The number of rotatable bonds is 1. The quantitative estimate of drug-likeness (QED) is 0.858. The second-order valence-corrected chi connectivity index (χ2v) is 6.75. The van der Waals surface area contributed by atoms with Crippen molar-refractivity contribution < 1.29 is 4.74 Å².